The van der Waals surface area contributed by atoms with Crippen molar-refractivity contribution < 1.29 is 9.50 Å². The molecule has 0 radical (unpaired) electrons. The van der Waals surface area contributed by atoms with E-state index in [1.165, 1.54) is 6.07 Å². The summed E-state index contributed by atoms with van der Waals surface area (Å²) in [6.45, 7) is 1.84. The summed E-state index contributed by atoms with van der Waals surface area (Å²) in [4.78, 5) is 0.685. The molecule has 1 aromatic heterocycles. The molecular formula is C18H14ClFN4OS. The molecule has 1 atom stereocenters. The highest BCUT2D eigenvalue weighted by Gasteiger charge is 2.14. The van der Waals surface area contributed by atoms with Crippen LogP contribution in [0.1, 0.15) is 11.1 Å². The molecule has 3 N–H and O–H groups in total. The summed E-state index contributed by atoms with van der Waals surface area (Å²) in [6, 6.07) is 13.7. The molecule has 0 aliphatic carbocycles. The summed E-state index contributed by atoms with van der Waals surface area (Å²) in [5.74, 6) is -0.446. The molecular weight excluding hydrogens is 375 g/mol. The Morgan fingerprint density at radius 2 is 1.96 bits per heavy atom. The Kier molecular flexibility index (Phi) is 5.38. The highest BCUT2D eigenvalue weighted by atomic mass is 35.5. The smallest absolute Gasteiger partial charge is 0.202 e. The van der Waals surface area contributed by atoms with Gasteiger partial charge in [-0.1, -0.05) is 29.8 Å². The third-order valence-electron chi connectivity index (χ3n) is 3.63. The largest absolute Gasteiger partial charge is 0.357 e. The first-order valence-electron chi connectivity index (χ1n) is 7.61. The van der Waals surface area contributed by atoms with Crippen molar-refractivity contribution >= 4 is 34.5 Å². The number of aliphatic hydroxyl groups excluding tert-OH is 1. The Morgan fingerprint density at radius 1 is 1.23 bits per heavy atom. The Hall–Kier alpha value is -2.66. The van der Waals surface area contributed by atoms with Crippen LogP contribution >= 0.6 is 23.1 Å². The highest BCUT2D eigenvalue weighted by Crippen LogP contribution is 2.33. The summed E-state index contributed by atoms with van der Waals surface area (Å²) >= 11 is 7.04. The number of anilines is 2. The predicted molar refractivity (Wildman–Crippen MR) is 102 cm³/mol. The molecule has 0 aliphatic heterocycles. The highest BCUT2D eigenvalue weighted by molar-refractivity contribution is 7.10. The average molecular weight is 389 g/mol. The molecule has 0 saturated heterocycles. The van der Waals surface area contributed by atoms with Crippen molar-refractivity contribution in [1.82, 2.24) is 4.37 Å². The van der Waals surface area contributed by atoms with E-state index < -0.39 is 12.2 Å². The van der Waals surface area contributed by atoms with Crippen LogP contribution in [0, 0.1) is 24.1 Å². The van der Waals surface area contributed by atoms with Crippen LogP contribution in [0.2, 0.25) is 5.15 Å². The normalized spacial score (nSPS) is 11.7. The molecule has 1 heterocycles. The molecule has 0 fully saturated rings. The van der Waals surface area contributed by atoms with Gasteiger partial charge < -0.3 is 15.7 Å². The maximum Gasteiger partial charge on any atom is 0.202 e. The fraction of sp³-hybridized carbons (Fsp3) is 0.111. The maximum absolute atomic E-state index is 13.7. The lowest BCUT2D eigenvalue weighted by molar-refractivity contribution is 0.232. The van der Waals surface area contributed by atoms with Crippen molar-refractivity contribution in [2.75, 3.05) is 10.6 Å². The summed E-state index contributed by atoms with van der Waals surface area (Å²) in [6.07, 6.45) is -1.18. The van der Waals surface area contributed by atoms with Gasteiger partial charge in [0.2, 0.25) is 6.35 Å². The quantitative estimate of drug-likeness (QED) is 0.557. The lowest BCUT2D eigenvalue weighted by Crippen LogP contribution is -2.28. The number of aromatic nitrogens is 1. The number of hydrogen-bond acceptors (Lipinski definition) is 6. The van der Waals surface area contributed by atoms with Gasteiger partial charge in [-0.25, -0.2) is 4.39 Å². The molecule has 3 aromatic rings. The lowest BCUT2D eigenvalue weighted by atomic mass is 10.1. The van der Waals surface area contributed by atoms with E-state index in [0.717, 1.165) is 22.7 Å². The molecule has 0 saturated carbocycles. The van der Waals surface area contributed by atoms with Crippen molar-refractivity contribution in [3.63, 3.8) is 0 Å². The van der Waals surface area contributed by atoms with Crippen molar-refractivity contribution in [2.24, 2.45) is 0 Å². The van der Waals surface area contributed by atoms with E-state index in [1.807, 2.05) is 13.0 Å². The number of aryl methyl sites for hydroxylation is 1. The minimum absolute atomic E-state index is 0.189. The van der Waals surface area contributed by atoms with E-state index in [9.17, 15) is 9.50 Å². The Labute approximate surface area is 158 Å². The Bertz CT molecular complexity index is 968. The van der Waals surface area contributed by atoms with E-state index in [-0.39, 0.29) is 10.8 Å². The van der Waals surface area contributed by atoms with Crippen molar-refractivity contribution in [3.05, 3.63) is 64.6 Å². The molecule has 3 rings (SSSR count). The Morgan fingerprint density at radius 3 is 2.65 bits per heavy atom. The standard InChI is InChI=1S/C18H14ClFN4OS/c1-10-2-7-14(20)15(8-10)23-18(25)22-12-5-3-11(4-6-12)16-13(9-21)17(19)24-26-16/h2-8,18,22-23,25H,1H3. The number of nitrogens with one attached hydrogen (secondary N) is 2. The fourth-order valence-electron chi connectivity index (χ4n) is 2.37. The second-order valence-electron chi connectivity index (χ2n) is 5.54. The number of aliphatic hydroxyl groups is 1. The van der Waals surface area contributed by atoms with E-state index in [1.54, 1.807) is 36.4 Å². The molecule has 5 nitrogen and oxygen atoms in total. The van der Waals surface area contributed by atoms with Crippen LogP contribution in [0.4, 0.5) is 15.8 Å². The average Bonchev–Trinajstić information content (AvgIpc) is 2.99. The SMILES string of the molecule is Cc1ccc(F)c(NC(O)Nc2ccc(-c3snc(Cl)c3C#N)cc2)c1. The first-order chi connectivity index (χ1) is 12.5. The maximum atomic E-state index is 13.7. The first kappa shape index (κ1) is 18.1. The fourth-order valence-corrected chi connectivity index (χ4v) is 3.41. The number of nitriles is 1. The molecule has 26 heavy (non-hydrogen) atoms. The second kappa shape index (κ2) is 7.70. The van der Waals surface area contributed by atoms with Gasteiger partial charge in [0.05, 0.1) is 10.6 Å². The van der Waals surface area contributed by atoms with Gasteiger partial charge in [0.15, 0.2) is 5.15 Å². The van der Waals surface area contributed by atoms with Gasteiger partial charge in [-0.2, -0.15) is 9.64 Å². The number of halogens is 2. The number of nitrogens with zero attached hydrogens (tertiary/aromatic N) is 2. The van der Waals surface area contributed by atoms with Crippen molar-refractivity contribution in [2.45, 2.75) is 13.3 Å². The second-order valence-corrected chi connectivity index (χ2v) is 6.67. The molecule has 2 aromatic carbocycles. The van der Waals surface area contributed by atoms with Crippen LogP contribution in [0.5, 0.6) is 0 Å². The van der Waals surface area contributed by atoms with Crippen LogP contribution < -0.4 is 10.6 Å². The van der Waals surface area contributed by atoms with Gasteiger partial charge in [-0.3, -0.25) is 0 Å². The third-order valence-corrected chi connectivity index (χ3v) is 4.90. The van der Waals surface area contributed by atoms with Crippen molar-refractivity contribution in [1.29, 1.82) is 5.26 Å². The van der Waals surface area contributed by atoms with Gasteiger partial charge in [0, 0.05) is 5.69 Å². The minimum Gasteiger partial charge on any atom is -0.357 e. The summed E-state index contributed by atoms with van der Waals surface area (Å²) in [7, 11) is 0. The van der Waals surface area contributed by atoms with E-state index in [4.69, 9.17) is 16.9 Å². The van der Waals surface area contributed by atoms with Crippen LogP contribution in [-0.4, -0.2) is 15.8 Å². The minimum atomic E-state index is -1.18. The molecule has 0 bridgehead atoms. The predicted octanol–water partition coefficient (Wildman–Crippen LogP) is 4.58. The molecule has 8 heteroatoms. The molecule has 1 unspecified atom stereocenters. The van der Waals surface area contributed by atoms with Crippen molar-refractivity contribution in [3.8, 4) is 16.5 Å². The number of rotatable bonds is 5. The Balaban J connectivity index is 1.71. The molecule has 132 valence electrons. The topological polar surface area (TPSA) is 81.0 Å². The van der Waals surface area contributed by atoms with E-state index >= 15 is 0 Å². The molecule has 0 aliphatic rings. The van der Waals surface area contributed by atoms with Crippen LogP contribution in [0.3, 0.4) is 0 Å². The first-order valence-corrected chi connectivity index (χ1v) is 8.76. The van der Waals surface area contributed by atoms with Crippen LogP contribution in [0.15, 0.2) is 42.5 Å². The van der Waals surface area contributed by atoms with E-state index in [0.29, 0.717) is 16.1 Å². The lowest BCUT2D eigenvalue weighted by Gasteiger charge is -2.17. The van der Waals surface area contributed by atoms with Gasteiger partial charge in [-0.05, 0) is 53.8 Å². The number of hydrogen-bond donors (Lipinski definition) is 3. The van der Waals surface area contributed by atoms with Crippen LogP contribution in [-0.2, 0) is 0 Å². The van der Waals surface area contributed by atoms with Gasteiger partial charge in [0.1, 0.15) is 17.4 Å². The zero-order valence-electron chi connectivity index (χ0n) is 13.6. The monoisotopic (exact) mass is 388 g/mol. The van der Waals surface area contributed by atoms with Gasteiger partial charge in [0.25, 0.3) is 0 Å². The van der Waals surface area contributed by atoms with E-state index in [2.05, 4.69) is 15.0 Å². The zero-order valence-corrected chi connectivity index (χ0v) is 15.2. The molecule has 0 amide bonds. The summed E-state index contributed by atoms with van der Waals surface area (Å²) in [5.41, 5.74) is 2.84. The summed E-state index contributed by atoms with van der Waals surface area (Å²) < 4.78 is 17.7. The summed E-state index contributed by atoms with van der Waals surface area (Å²) in [5, 5.41) is 24.9. The van der Waals surface area contributed by atoms with Gasteiger partial charge in [-0.15, -0.1) is 0 Å². The zero-order chi connectivity index (χ0) is 18.7. The number of benzene rings is 2. The molecule has 0 spiro atoms. The van der Waals surface area contributed by atoms with Gasteiger partial charge >= 0.3 is 0 Å². The van der Waals surface area contributed by atoms with Crippen LogP contribution in [0.25, 0.3) is 10.4 Å². The third kappa shape index (κ3) is 3.94.